The molecule has 0 saturated heterocycles. The number of ether oxygens (including phenoxy) is 2. The Bertz CT molecular complexity index is 1220. The summed E-state index contributed by atoms with van der Waals surface area (Å²) >= 11 is 0. The molecule has 0 atom stereocenters. The van der Waals surface area contributed by atoms with Crippen LogP contribution >= 0.6 is 0 Å². The molecule has 0 fully saturated rings. The molecule has 2 aliphatic rings. The maximum Gasteiger partial charge on any atom is 0.341 e. The summed E-state index contributed by atoms with van der Waals surface area (Å²) in [6.07, 6.45) is 3.38. The molecule has 30 heavy (non-hydrogen) atoms. The smallest absolute Gasteiger partial charge is 0.341 e. The second kappa shape index (κ2) is 7.87. The number of rotatable bonds is 5. The fourth-order valence-corrected chi connectivity index (χ4v) is 3.31. The van der Waals surface area contributed by atoms with Crippen molar-refractivity contribution in [3.8, 4) is 22.7 Å². The number of hydrogen-bond donors (Lipinski definition) is 0. The van der Waals surface area contributed by atoms with Gasteiger partial charge in [-0.3, -0.25) is 4.79 Å². The number of nitrogens with zero attached hydrogens (tertiary/aromatic N) is 3. The van der Waals surface area contributed by atoms with Crippen LogP contribution < -0.4 is 10.3 Å². The number of benzene rings is 2. The van der Waals surface area contributed by atoms with Gasteiger partial charge in [0.05, 0.1) is 25.5 Å². The third-order valence-corrected chi connectivity index (χ3v) is 4.93. The first-order chi connectivity index (χ1) is 14.5. The average molecular weight is 403 g/mol. The van der Waals surface area contributed by atoms with Gasteiger partial charge in [0, 0.05) is 18.9 Å². The van der Waals surface area contributed by atoms with Crippen molar-refractivity contribution in [2.24, 2.45) is 0 Å². The van der Waals surface area contributed by atoms with Crippen LogP contribution in [0.3, 0.4) is 0 Å². The predicted molar refractivity (Wildman–Crippen MR) is 113 cm³/mol. The van der Waals surface area contributed by atoms with Crippen molar-refractivity contribution in [1.29, 1.82) is 0 Å². The van der Waals surface area contributed by atoms with Crippen molar-refractivity contribution in [2.45, 2.75) is 13.5 Å². The lowest BCUT2D eigenvalue weighted by atomic mass is 10.1. The largest absolute Gasteiger partial charge is 0.497 e. The summed E-state index contributed by atoms with van der Waals surface area (Å²) in [5, 5.41) is 4.42. The molecule has 0 aliphatic carbocycles. The van der Waals surface area contributed by atoms with Crippen LogP contribution in [0.2, 0.25) is 0 Å². The molecule has 0 N–H and O–H groups in total. The average Bonchev–Trinajstić information content (AvgIpc) is 3.11. The van der Waals surface area contributed by atoms with Crippen LogP contribution in [-0.2, 0) is 11.3 Å². The molecular weight excluding hydrogens is 382 g/mol. The molecule has 0 saturated carbocycles. The Morgan fingerprint density at radius 2 is 1.70 bits per heavy atom. The van der Waals surface area contributed by atoms with Gasteiger partial charge in [-0.2, -0.15) is 9.78 Å². The van der Waals surface area contributed by atoms with E-state index in [1.54, 1.807) is 48.3 Å². The Kier molecular flexibility index (Phi) is 5.10. The van der Waals surface area contributed by atoms with Crippen molar-refractivity contribution >= 4 is 5.97 Å². The standard InChI is InChI=1S/C23H21N3O4/c1-15-4-6-16(7-5-15)12-25-13-19-21(20(14-25)23(28)30-3)24-26(22(19)27)17-8-10-18(29-2)11-9-17/h4-11,13-14H,12H2,1-3H3. The summed E-state index contributed by atoms with van der Waals surface area (Å²) in [6.45, 7) is 2.53. The minimum Gasteiger partial charge on any atom is -0.497 e. The fourth-order valence-electron chi connectivity index (χ4n) is 3.31. The summed E-state index contributed by atoms with van der Waals surface area (Å²) in [5.74, 6) is 0.131. The van der Waals surface area contributed by atoms with Gasteiger partial charge in [-0.05, 0) is 36.8 Å². The molecule has 2 aliphatic heterocycles. The Morgan fingerprint density at radius 3 is 2.33 bits per heavy atom. The molecule has 2 aromatic carbocycles. The molecule has 2 aromatic rings. The van der Waals surface area contributed by atoms with Crippen LogP contribution in [0.1, 0.15) is 21.5 Å². The highest BCUT2D eigenvalue weighted by molar-refractivity contribution is 5.96. The molecule has 0 radical (unpaired) electrons. The molecule has 4 rings (SSSR count). The second-order valence-electron chi connectivity index (χ2n) is 7.00. The van der Waals surface area contributed by atoms with Gasteiger partial charge in [0.2, 0.25) is 0 Å². The highest BCUT2D eigenvalue weighted by Gasteiger charge is 2.25. The van der Waals surface area contributed by atoms with E-state index in [4.69, 9.17) is 9.47 Å². The van der Waals surface area contributed by atoms with E-state index in [0.29, 0.717) is 29.2 Å². The lowest BCUT2D eigenvalue weighted by molar-refractivity contribution is 0.0600. The molecule has 0 aromatic heterocycles. The van der Waals surface area contributed by atoms with Gasteiger partial charge in [-0.15, -0.1) is 0 Å². The minimum atomic E-state index is -0.544. The van der Waals surface area contributed by atoms with E-state index in [1.807, 2.05) is 31.2 Å². The SMILES string of the molecule is COC(=O)c1cn(Cc2ccc(C)cc2)cc2c(=O)n(-c3ccc(OC)cc3)nc1-2. The van der Waals surface area contributed by atoms with Crippen molar-refractivity contribution in [3.63, 3.8) is 0 Å². The lowest BCUT2D eigenvalue weighted by Gasteiger charge is -2.12. The quantitative estimate of drug-likeness (QED) is 0.478. The number of aromatic nitrogens is 3. The molecule has 7 nitrogen and oxygen atoms in total. The number of pyridine rings is 1. The van der Waals surface area contributed by atoms with E-state index < -0.39 is 5.97 Å². The van der Waals surface area contributed by atoms with Crippen molar-refractivity contribution < 1.29 is 14.3 Å². The Balaban J connectivity index is 1.84. The Labute approximate surface area is 173 Å². The van der Waals surface area contributed by atoms with Gasteiger partial charge in [-0.25, -0.2) is 4.79 Å². The summed E-state index contributed by atoms with van der Waals surface area (Å²) in [4.78, 5) is 25.5. The van der Waals surface area contributed by atoms with Crippen LogP contribution in [-0.4, -0.2) is 34.5 Å². The zero-order chi connectivity index (χ0) is 21.3. The molecule has 0 spiro atoms. The highest BCUT2D eigenvalue weighted by Crippen LogP contribution is 2.24. The molecule has 152 valence electrons. The van der Waals surface area contributed by atoms with E-state index in [-0.39, 0.29) is 11.1 Å². The van der Waals surface area contributed by atoms with E-state index >= 15 is 0 Å². The number of carbonyl (C=O) groups is 1. The van der Waals surface area contributed by atoms with Gasteiger partial charge < -0.3 is 14.0 Å². The van der Waals surface area contributed by atoms with Crippen LogP contribution in [0.5, 0.6) is 5.75 Å². The molecule has 7 heteroatoms. The van der Waals surface area contributed by atoms with Gasteiger partial charge in [0.15, 0.2) is 0 Å². The highest BCUT2D eigenvalue weighted by atomic mass is 16.5. The Morgan fingerprint density at radius 1 is 1.00 bits per heavy atom. The predicted octanol–water partition coefficient (Wildman–Crippen LogP) is 3.29. The third-order valence-electron chi connectivity index (χ3n) is 4.93. The van der Waals surface area contributed by atoms with Crippen molar-refractivity contribution in [2.75, 3.05) is 14.2 Å². The summed E-state index contributed by atoms with van der Waals surface area (Å²) in [5.41, 5.74) is 3.39. The fraction of sp³-hybridized carbons (Fsp3) is 0.174. The van der Waals surface area contributed by atoms with Gasteiger partial charge in [0.25, 0.3) is 5.56 Å². The molecule has 0 unspecified atom stereocenters. The van der Waals surface area contributed by atoms with Crippen molar-refractivity contribution in [3.05, 3.63) is 88.0 Å². The first kappa shape index (κ1) is 19.4. The summed E-state index contributed by atoms with van der Waals surface area (Å²) in [6, 6.07) is 15.1. The number of fused-ring (bicyclic) bond motifs is 1. The zero-order valence-corrected chi connectivity index (χ0v) is 17.0. The first-order valence-corrected chi connectivity index (χ1v) is 9.41. The topological polar surface area (TPSA) is 75.3 Å². The van der Waals surface area contributed by atoms with Gasteiger partial charge >= 0.3 is 5.97 Å². The molecular formula is C23H21N3O4. The molecule has 2 heterocycles. The number of carbonyl (C=O) groups excluding carboxylic acids is 1. The lowest BCUT2D eigenvalue weighted by Crippen LogP contribution is -2.15. The van der Waals surface area contributed by atoms with E-state index in [0.717, 1.165) is 11.1 Å². The summed E-state index contributed by atoms with van der Waals surface area (Å²) in [7, 11) is 2.88. The van der Waals surface area contributed by atoms with Gasteiger partial charge in [-0.1, -0.05) is 29.8 Å². The van der Waals surface area contributed by atoms with Crippen LogP contribution in [0.25, 0.3) is 16.9 Å². The van der Waals surface area contributed by atoms with Crippen LogP contribution in [0.4, 0.5) is 0 Å². The number of esters is 1. The summed E-state index contributed by atoms with van der Waals surface area (Å²) < 4.78 is 13.2. The number of hydrogen-bond acceptors (Lipinski definition) is 5. The van der Waals surface area contributed by atoms with E-state index in [2.05, 4.69) is 5.10 Å². The minimum absolute atomic E-state index is 0.242. The first-order valence-electron chi connectivity index (χ1n) is 9.41. The van der Waals surface area contributed by atoms with Crippen LogP contribution in [0, 0.1) is 6.92 Å². The maximum absolute atomic E-state index is 13.1. The molecule has 0 bridgehead atoms. The second-order valence-corrected chi connectivity index (χ2v) is 7.00. The normalized spacial score (nSPS) is 10.9. The monoisotopic (exact) mass is 403 g/mol. The van der Waals surface area contributed by atoms with Crippen molar-refractivity contribution in [1.82, 2.24) is 14.3 Å². The molecule has 0 amide bonds. The van der Waals surface area contributed by atoms with Crippen LogP contribution in [0.15, 0.2) is 65.7 Å². The van der Waals surface area contributed by atoms with E-state index in [1.165, 1.54) is 11.8 Å². The van der Waals surface area contributed by atoms with E-state index in [9.17, 15) is 9.59 Å². The van der Waals surface area contributed by atoms with Gasteiger partial charge in [0.1, 0.15) is 17.0 Å². The third kappa shape index (κ3) is 3.57. The Hall–Kier alpha value is -3.87. The number of methoxy groups -OCH3 is 2. The number of aryl methyl sites for hydroxylation is 1. The maximum atomic E-state index is 13.1. The zero-order valence-electron chi connectivity index (χ0n) is 17.0.